The van der Waals surface area contributed by atoms with E-state index in [9.17, 15) is 0 Å². The Bertz CT molecular complexity index is 477. The molecule has 1 heterocycles. The van der Waals surface area contributed by atoms with E-state index in [4.69, 9.17) is 24.5 Å². The molecule has 0 unspecified atom stereocenters. The SMILES string of the molecule is O=C(O)C(=O)O.c1ccc(OCCCCCCN2CCNCC2)cc1. The molecule has 0 saturated carbocycles. The molecular formula is C18H28N2O5. The number of hydrogen-bond acceptors (Lipinski definition) is 5. The standard InChI is InChI=1S/C16H26N2O.C2H2O4/c1(6-12-18-13-10-17-11-14-18)2-7-15-19-16-8-4-3-5-9-16;3-1(4)2(5)6/h3-5,8-9,17H,1-2,6-7,10-15H2;(H,3,4)(H,5,6). The van der Waals surface area contributed by atoms with Gasteiger partial charge < -0.3 is 25.2 Å². The minimum Gasteiger partial charge on any atom is -0.494 e. The topological polar surface area (TPSA) is 99.1 Å². The summed E-state index contributed by atoms with van der Waals surface area (Å²) in [6.45, 7) is 6.86. The summed E-state index contributed by atoms with van der Waals surface area (Å²) in [6, 6.07) is 10.1. The number of hydrogen-bond donors (Lipinski definition) is 3. The molecular weight excluding hydrogens is 324 g/mol. The fourth-order valence-corrected chi connectivity index (χ4v) is 2.43. The van der Waals surface area contributed by atoms with Crippen molar-refractivity contribution in [3.63, 3.8) is 0 Å². The highest BCUT2D eigenvalue weighted by Gasteiger charge is 2.07. The fourth-order valence-electron chi connectivity index (χ4n) is 2.43. The zero-order valence-electron chi connectivity index (χ0n) is 14.5. The van der Waals surface area contributed by atoms with Crippen molar-refractivity contribution in [3.05, 3.63) is 30.3 Å². The zero-order valence-corrected chi connectivity index (χ0v) is 14.5. The first-order valence-electron chi connectivity index (χ1n) is 8.66. The van der Waals surface area contributed by atoms with Crippen molar-refractivity contribution in [2.24, 2.45) is 0 Å². The van der Waals surface area contributed by atoms with Crippen LogP contribution in [0.15, 0.2) is 30.3 Å². The Hall–Kier alpha value is -2.12. The number of carbonyl (C=O) groups is 2. The lowest BCUT2D eigenvalue weighted by atomic mass is 10.2. The summed E-state index contributed by atoms with van der Waals surface area (Å²) in [5, 5.41) is 18.2. The number of benzene rings is 1. The van der Waals surface area contributed by atoms with Gasteiger partial charge in [0.05, 0.1) is 6.61 Å². The third kappa shape index (κ3) is 11.1. The first-order valence-corrected chi connectivity index (χ1v) is 8.66. The highest BCUT2D eigenvalue weighted by Crippen LogP contribution is 2.09. The summed E-state index contributed by atoms with van der Waals surface area (Å²) in [4.78, 5) is 20.8. The van der Waals surface area contributed by atoms with Gasteiger partial charge in [-0.05, 0) is 31.5 Å². The molecule has 0 spiro atoms. The zero-order chi connectivity index (χ0) is 18.3. The highest BCUT2D eigenvalue weighted by molar-refractivity contribution is 6.27. The van der Waals surface area contributed by atoms with Gasteiger partial charge in [0.25, 0.3) is 0 Å². The van der Waals surface area contributed by atoms with Crippen LogP contribution < -0.4 is 10.1 Å². The van der Waals surface area contributed by atoms with Gasteiger partial charge in [0, 0.05) is 26.2 Å². The van der Waals surface area contributed by atoms with Crippen molar-refractivity contribution in [3.8, 4) is 5.75 Å². The van der Waals surface area contributed by atoms with Crippen molar-refractivity contribution in [2.75, 3.05) is 39.3 Å². The maximum absolute atomic E-state index is 9.10. The molecule has 1 aromatic rings. The molecule has 0 radical (unpaired) electrons. The summed E-state index contributed by atoms with van der Waals surface area (Å²) >= 11 is 0. The number of piperazine rings is 1. The molecule has 0 amide bonds. The number of unbranched alkanes of at least 4 members (excludes halogenated alkanes) is 3. The number of para-hydroxylation sites is 1. The van der Waals surface area contributed by atoms with E-state index < -0.39 is 11.9 Å². The van der Waals surface area contributed by atoms with Crippen LogP contribution in [0.5, 0.6) is 5.75 Å². The van der Waals surface area contributed by atoms with Gasteiger partial charge in [0.2, 0.25) is 0 Å². The Kier molecular flexibility index (Phi) is 11.0. The molecule has 2 rings (SSSR count). The molecule has 1 aliphatic rings. The predicted octanol–water partition coefficient (Wildman–Crippen LogP) is 1.69. The maximum Gasteiger partial charge on any atom is 0.414 e. The maximum atomic E-state index is 9.10. The van der Waals surface area contributed by atoms with Crippen molar-refractivity contribution >= 4 is 11.9 Å². The summed E-state index contributed by atoms with van der Waals surface area (Å²) < 4.78 is 5.68. The summed E-state index contributed by atoms with van der Waals surface area (Å²) in [5.74, 6) is -2.66. The van der Waals surface area contributed by atoms with Crippen LogP contribution in [0.4, 0.5) is 0 Å². The Morgan fingerprint density at radius 1 is 0.960 bits per heavy atom. The van der Waals surface area contributed by atoms with Gasteiger partial charge in [-0.2, -0.15) is 0 Å². The number of nitrogens with zero attached hydrogens (tertiary/aromatic N) is 1. The van der Waals surface area contributed by atoms with Crippen LogP contribution in [-0.2, 0) is 9.59 Å². The van der Waals surface area contributed by atoms with E-state index in [1.165, 1.54) is 38.9 Å². The fraction of sp³-hybridized carbons (Fsp3) is 0.556. The monoisotopic (exact) mass is 352 g/mol. The molecule has 1 aliphatic heterocycles. The van der Waals surface area contributed by atoms with E-state index in [1.54, 1.807) is 0 Å². The molecule has 0 aromatic heterocycles. The molecule has 1 aromatic carbocycles. The third-order valence-electron chi connectivity index (χ3n) is 3.77. The molecule has 7 heteroatoms. The number of nitrogens with one attached hydrogen (secondary N) is 1. The second kappa shape index (κ2) is 13.2. The first kappa shape index (κ1) is 20.9. The molecule has 3 N–H and O–H groups in total. The van der Waals surface area contributed by atoms with Gasteiger partial charge >= 0.3 is 11.9 Å². The highest BCUT2D eigenvalue weighted by atomic mass is 16.5. The first-order chi connectivity index (χ1) is 12.1. The third-order valence-corrected chi connectivity index (χ3v) is 3.77. The number of carboxylic acid groups (broad SMARTS) is 2. The van der Waals surface area contributed by atoms with Crippen molar-refractivity contribution in [1.29, 1.82) is 0 Å². The van der Waals surface area contributed by atoms with Crippen molar-refractivity contribution in [2.45, 2.75) is 25.7 Å². The summed E-state index contributed by atoms with van der Waals surface area (Å²) in [7, 11) is 0. The molecule has 7 nitrogen and oxygen atoms in total. The Balaban J connectivity index is 0.000000450. The lowest BCUT2D eigenvalue weighted by Crippen LogP contribution is -2.43. The predicted molar refractivity (Wildman–Crippen MR) is 95.0 cm³/mol. The van der Waals surface area contributed by atoms with Gasteiger partial charge in [-0.15, -0.1) is 0 Å². The van der Waals surface area contributed by atoms with Gasteiger partial charge in [-0.3, -0.25) is 0 Å². The van der Waals surface area contributed by atoms with Gasteiger partial charge in [0.15, 0.2) is 0 Å². The lowest BCUT2D eigenvalue weighted by molar-refractivity contribution is -0.159. The number of aliphatic carboxylic acids is 2. The van der Waals surface area contributed by atoms with Crippen molar-refractivity contribution < 1.29 is 24.5 Å². The van der Waals surface area contributed by atoms with Gasteiger partial charge in [-0.1, -0.05) is 31.0 Å². The molecule has 0 atom stereocenters. The van der Waals surface area contributed by atoms with Gasteiger partial charge in [0.1, 0.15) is 5.75 Å². The van der Waals surface area contributed by atoms with Crippen LogP contribution in [0.3, 0.4) is 0 Å². The second-order valence-corrected chi connectivity index (χ2v) is 5.78. The van der Waals surface area contributed by atoms with Crippen LogP contribution in [0.1, 0.15) is 25.7 Å². The number of ether oxygens (including phenoxy) is 1. The minimum absolute atomic E-state index is 0.845. The van der Waals surface area contributed by atoms with E-state index in [0.717, 1.165) is 31.9 Å². The van der Waals surface area contributed by atoms with Crippen LogP contribution in [0.2, 0.25) is 0 Å². The Morgan fingerprint density at radius 3 is 2.16 bits per heavy atom. The summed E-state index contributed by atoms with van der Waals surface area (Å²) in [6.07, 6.45) is 5.09. The molecule has 0 aliphatic carbocycles. The smallest absolute Gasteiger partial charge is 0.414 e. The molecule has 0 bridgehead atoms. The van der Waals surface area contributed by atoms with E-state index in [0.29, 0.717) is 0 Å². The quantitative estimate of drug-likeness (QED) is 0.483. The Labute approximate surface area is 148 Å². The average molecular weight is 352 g/mol. The van der Waals surface area contributed by atoms with E-state index >= 15 is 0 Å². The lowest BCUT2D eigenvalue weighted by Gasteiger charge is -2.26. The normalized spacial score (nSPS) is 14.2. The van der Waals surface area contributed by atoms with E-state index in [-0.39, 0.29) is 0 Å². The second-order valence-electron chi connectivity index (χ2n) is 5.78. The average Bonchev–Trinajstić information content (AvgIpc) is 2.63. The molecule has 140 valence electrons. The van der Waals surface area contributed by atoms with E-state index in [1.807, 2.05) is 30.3 Å². The van der Waals surface area contributed by atoms with Crippen LogP contribution in [-0.4, -0.2) is 66.4 Å². The minimum atomic E-state index is -1.82. The van der Waals surface area contributed by atoms with Crippen molar-refractivity contribution in [1.82, 2.24) is 10.2 Å². The number of carboxylic acids is 2. The van der Waals surface area contributed by atoms with E-state index in [2.05, 4.69) is 10.2 Å². The molecule has 1 fully saturated rings. The van der Waals surface area contributed by atoms with Crippen LogP contribution in [0, 0.1) is 0 Å². The van der Waals surface area contributed by atoms with Crippen LogP contribution in [0.25, 0.3) is 0 Å². The van der Waals surface area contributed by atoms with Gasteiger partial charge in [-0.25, -0.2) is 9.59 Å². The largest absolute Gasteiger partial charge is 0.494 e. The molecule has 1 saturated heterocycles. The number of rotatable bonds is 8. The van der Waals surface area contributed by atoms with Crippen LogP contribution >= 0.6 is 0 Å². The summed E-state index contributed by atoms with van der Waals surface area (Å²) in [5.41, 5.74) is 0. The Morgan fingerprint density at radius 2 is 1.56 bits per heavy atom. The molecule has 25 heavy (non-hydrogen) atoms.